The first-order valence-electron chi connectivity index (χ1n) is 10.3. The van der Waals surface area contributed by atoms with Crippen LogP contribution in [0.1, 0.15) is 47.6 Å². The van der Waals surface area contributed by atoms with Gasteiger partial charge in [0.05, 0.1) is 6.04 Å². The average Bonchev–Trinajstić information content (AvgIpc) is 3.27. The Morgan fingerprint density at radius 2 is 1.73 bits per heavy atom. The topological polar surface area (TPSA) is 49.9 Å². The quantitative estimate of drug-likeness (QED) is 0.757. The average molecular weight is 412 g/mol. The van der Waals surface area contributed by atoms with Gasteiger partial charge in [0, 0.05) is 31.5 Å². The highest BCUT2D eigenvalue weighted by molar-refractivity contribution is 5.95. The third kappa shape index (κ3) is 3.08. The van der Waals surface area contributed by atoms with Gasteiger partial charge in [-0.3, -0.25) is 9.59 Å². The highest BCUT2D eigenvalue weighted by atomic mass is 19.1. The number of benzene rings is 2. The van der Waals surface area contributed by atoms with E-state index < -0.39 is 11.4 Å². The van der Waals surface area contributed by atoms with Crippen molar-refractivity contribution >= 4 is 11.8 Å². The summed E-state index contributed by atoms with van der Waals surface area (Å²) in [7, 11) is 0. The van der Waals surface area contributed by atoms with E-state index in [1.807, 2.05) is 0 Å². The maximum absolute atomic E-state index is 13.5. The molecule has 3 saturated heterocycles. The zero-order chi connectivity index (χ0) is 20.9. The Bertz CT molecular complexity index is 986. The lowest BCUT2D eigenvalue weighted by atomic mass is 9.89. The lowest BCUT2D eigenvalue weighted by Gasteiger charge is -2.37. The van der Waals surface area contributed by atoms with E-state index in [2.05, 4.69) is 0 Å². The Balaban J connectivity index is 1.30. The molecule has 5 rings (SSSR count). The van der Waals surface area contributed by atoms with E-state index in [1.54, 1.807) is 28.0 Å². The van der Waals surface area contributed by atoms with E-state index in [4.69, 9.17) is 4.74 Å². The number of hydrogen-bond donors (Lipinski definition) is 0. The molecule has 2 atom stereocenters. The molecular formula is C23H22F2N2O3. The number of amides is 2. The number of piperidine rings is 1. The maximum atomic E-state index is 13.5. The highest BCUT2D eigenvalue weighted by Gasteiger charge is 2.58. The first kappa shape index (κ1) is 19.2. The minimum absolute atomic E-state index is 0.0443. The Hall–Kier alpha value is -2.80. The van der Waals surface area contributed by atoms with Crippen molar-refractivity contribution in [1.29, 1.82) is 0 Å². The lowest BCUT2D eigenvalue weighted by molar-refractivity contribution is -0.142. The molecule has 0 radical (unpaired) electrons. The Kier molecular flexibility index (Phi) is 4.58. The van der Waals surface area contributed by atoms with Crippen LogP contribution in [0.2, 0.25) is 0 Å². The fraction of sp³-hybridized carbons (Fsp3) is 0.391. The van der Waals surface area contributed by atoms with Gasteiger partial charge in [0.2, 0.25) is 0 Å². The van der Waals surface area contributed by atoms with Gasteiger partial charge >= 0.3 is 0 Å². The van der Waals surface area contributed by atoms with Crippen LogP contribution < -0.4 is 0 Å². The monoisotopic (exact) mass is 412 g/mol. The van der Waals surface area contributed by atoms with Crippen LogP contribution in [0.15, 0.2) is 48.5 Å². The van der Waals surface area contributed by atoms with E-state index in [9.17, 15) is 18.4 Å². The van der Waals surface area contributed by atoms with Crippen molar-refractivity contribution in [3.63, 3.8) is 0 Å². The summed E-state index contributed by atoms with van der Waals surface area (Å²) in [6.07, 6.45) is 2.06. The molecule has 156 valence electrons. The molecule has 0 aliphatic carbocycles. The number of rotatable bonds is 2. The number of carbonyl (C=O) groups is 2. The zero-order valence-electron chi connectivity index (χ0n) is 16.4. The van der Waals surface area contributed by atoms with Crippen molar-refractivity contribution in [1.82, 2.24) is 9.80 Å². The van der Waals surface area contributed by atoms with E-state index in [-0.39, 0.29) is 29.9 Å². The summed E-state index contributed by atoms with van der Waals surface area (Å²) < 4.78 is 33.0. The van der Waals surface area contributed by atoms with Gasteiger partial charge < -0.3 is 14.5 Å². The molecule has 3 heterocycles. The van der Waals surface area contributed by atoms with Gasteiger partial charge in [-0.2, -0.15) is 0 Å². The smallest absolute Gasteiger partial charge is 0.257 e. The standard InChI is InChI=1S/C23H22F2N2O3/c24-17-6-4-15(5-7-17)19-8-9-20-27(19)22(29)23(30-20)10-12-26(13-11-23)21(28)16-2-1-3-18(25)14-16/h1-7,14,19-20H,8-13H2/t19-,20+/m0/s1. The fourth-order valence-electron chi connectivity index (χ4n) is 4.93. The van der Waals surface area contributed by atoms with Crippen LogP contribution >= 0.6 is 0 Å². The van der Waals surface area contributed by atoms with Crippen LogP contribution in [0.25, 0.3) is 0 Å². The first-order valence-corrected chi connectivity index (χ1v) is 10.3. The van der Waals surface area contributed by atoms with Crippen molar-refractivity contribution in [3.8, 4) is 0 Å². The van der Waals surface area contributed by atoms with E-state index in [0.29, 0.717) is 31.5 Å². The molecule has 0 N–H and O–H groups in total. The number of hydrogen-bond acceptors (Lipinski definition) is 3. The number of carbonyl (C=O) groups excluding carboxylic acids is 2. The van der Waals surface area contributed by atoms with Gasteiger partial charge in [-0.1, -0.05) is 18.2 Å². The van der Waals surface area contributed by atoms with Gasteiger partial charge in [-0.15, -0.1) is 0 Å². The molecule has 2 amide bonds. The minimum Gasteiger partial charge on any atom is -0.342 e. The molecule has 2 aromatic carbocycles. The Morgan fingerprint density at radius 1 is 1.00 bits per heavy atom. The summed E-state index contributed by atoms with van der Waals surface area (Å²) in [5.74, 6) is -1.03. The summed E-state index contributed by atoms with van der Waals surface area (Å²) in [6, 6.07) is 11.8. The van der Waals surface area contributed by atoms with Crippen LogP contribution in [-0.2, 0) is 9.53 Å². The van der Waals surface area contributed by atoms with E-state index in [0.717, 1.165) is 18.4 Å². The van der Waals surface area contributed by atoms with Gasteiger partial charge in [-0.25, -0.2) is 8.78 Å². The number of fused-ring (bicyclic) bond motifs is 1. The fourth-order valence-corrected chi connectivity index (χ4v) is 4.93. The van der Waals surface area contributed by atoms with Crippen LogP contribution in [-0.4, -0.2) is 46.5 Å². The van der Waals surface area contributed by atoms with Crippen molar-refractivity contribution in [2.24, 2.45) is 0 Å². The lowest BCUT2D eigenvalue weighted by Crippen LogP contribution is -2.51. The third-order valence-electron chi connectivity index (χ3n) is 6.50. The van der Waals surface area contributed by atoms with Crippen molar-refractivity contribution in [2.75, 3.05) is 13.1 Å². The molecule has 0 saturated carbocycles. The number of likely N-dealkylation sites (tertiary alicyclic amines) is 1. The molecular weight excluding hydrogens is 390 g/mol. The van der Waals surface area contributed by atoms with Crippen LogP contribution in [0.3, 0.4) is 0 Å². The number of ether oxygens (including phenoxy) is 1. The summed E-state index contributed by atoms with van der Waals surface area (Å²) in [5, 5.41) is 0. The van der Waals surface area contributed by atoms with E-state index in [1.165, 1.54) is 30.3 Å². The summed E-state index contributed by atoms with van der Waals surface area (Å²) in [6.45, 7) is 0.756. The normalized spacial score (nSPS) is 25.1. The molecule has 30 heavy (non-hydrogen) atoms. The molecule has 3 aliphatic heterocycles. The maximum Gasteiger partial charge on any atom is 0.257 e. The second-order valence-corrected chi connectivity index (χ2v) is 8.23. The summed E-state index contributed by atoms with van der Waals surface area (Å²) >= 11 is 0. The molecule has 3 aliphatic rings. The SMILES string of the molecule is O=C(c1cccc(F)c1)N1CCC2(CC1)O[C@@H]1CC[C@@H](c3ccc(F)cc3)N1C2=O. The predicted octanol–water partition coefficient (Wildman–Crippen LogP) is 3.66. The summed E-state index contributed by atoms with van der Waals surface area (Å²) in [4.78, 5) is 29.5. The molecule has 0 bridgehead atoms. The molecule has 1 spiro atoms. The van der Waals surface area contributed by atoms with Crippen molar-refractivity contribution in [2.45, 2.75) is 43.6 Å². The molecule has 2 aromatic rings. The molecule has 3 fully saturated rings. The zero-order valence-corrected chi connectivity index (χ0v) is 16.4. The molecule has 5 nitrogen and oxygen atoms in total. The second kappa shape index (κ2) is 7.16. The second-order valence-electron chi connectivity index (χ2n) is 8.23. The summed E-state index contributed by atoms with van der Waals surface area (Å²) in [5.41, 5.74) is 0.301. The van der Waals surface area contributed by atoms with Gasteiger partial charge in [0.15, 0.2) is 5.60 Å². The van der Waals surface area contributed by atoms with Crippen LogP contribution in [0, 0.1) is 11.6 Å². The van der Waals surface area contributed by atoms with Gasteiger partial charge in [0.1, 0.15) is 17.9 Å². The minimum atomic E-state index is -0.915. The highest BCUT2D eigenvalue weighted by Crippen LogP contribution is 2.47. The Labute approximate surface area is 173 Å². The van der Waals surface area contributed by atoms with Crippen LogP contribution in [0.4, 0.5) is 8.78 Å². The van der Waals surface area contributed by atoms with Crippen molar-refractivity contribution < 1.29 is 23.1 Å². The number of nitrogens with zero attached hydrogens (tertiary/aromatic N) is 2. The van der Waals surface area contributed by atoms with Gasteiger partial charge in [0.25, 0.3) is 11.8 Å². The largest absolute Gasteiger partial charge is 0.342 e. The predicted molar refractivity (Wildman–Crippen MR) is 104 cm³/mol. The Morgan fingerprint density at radius 3 is 2.43 bits per heavy atom. The van der Waals surface area contributed by atoms with Crippen LogP contribution in [0.5, 0.6) is 0 Å². The molecule has 0 unspecified atom stereocenters. The molecule has 0 aromatic heterocycles. The first-order chi connectivity index (χ1) is 14.5. The van der Waals surface area contributed by atoms with E-state index >= 15 is 0 Å². The third-order valence-corrected chi connectivity index (χ3v) is 6.50. The number of halogens is 2. The van der Waals surface area contributed by atoms with Gasteiger partial charge in [-0.05, 0) is 48.7 Å². The van der Waals surface area contributed by atoms with Crippen molar-refractivity contribution in [3.05, 3.63) is 71.3 Å². The molecule has 7 heteroatoms.